The van der Waals surface area contributed by atoms with Gasteiger partial charge in [0, 0.05) is 51.2 Å². The second-order valence-corrected chi connectivity index (χ2v) is 4.63. The Balaban J connectivity index is 2.18. The Morgan fingerprint density at radius 3 is 2.70 bits per heavy atom. The molecule has 0 bridgehead atoms. The predicted octanol–water partition coefficient (Wildman–Crippen LogP) is -0.665. The van der Waals surface area contributed by atoms with Gasteiger partial charge in [-0.15, -0.1) is 0 Å². The van der Waals surface area contributed by atoms with Gasteiger partial charge in [-0.25, -0.2) is 9.78 Å². The van der Waals surface area contributed by atoms with E-state index in [1.54, 1.807) is 6.20 Å². The molecule has 0 aliphatic rings. The number of imidazole rings is 1. The molecule has 0 fully saturated rings. The van der Waals surface area contributed by atoms with E-state index >= 15 is 0 Å². The van der Waals surface area contributed by atoms with E-state index in [0.29, 0.717) is 32.5 Å². The SMILES string of the molecule is Cn1ccnc1CCn1ccc(=O)n(CCCN)c1=O. The fraction of sp³-hybridized carbons (Fsp3) is 0.462. The van der Waals surface area contributed by atoms with Crippen LogP contribution < -0.4 is 17.0 Å². The van der Waals surface area contributed by atoms with Gasteiger partial charge in [-0.3, -0.25) is 13.9 Å². The fourth-order valence-corrected chi connectivity index (χ4v) is 2.04. The third-order valence-corrected chi connectivity index (χ3v) is 3.22. The summed E-state index contributed by atoms with van der Waals surface area (Å²) in [6, 6.07) is 1.41. The molecule has 108 valence electrons. The number of rotatable bonds is 6. The maximum Gasteiger partial charge on any atom is 0.330 e. The van der Waals surface area contributed by atoms with Crippen LogP contribution in [-0.2, 0) is 26.6 Å². The van der Waals surface area contributed by atoms with E-state index in [4.69, 9.17) is 5.73 Å². The maximum absolute atomic E-state index is 12.2. The van der Waals surface area contributed by atoms with Crippen LogP contribution in [0.4, 0.5) is 0 Å². The van der Waals surface area contributed by atoms with Gasteiger partial charge in [-0.05, 0) is 13.0 Å². The first kappa shape index (κ1) is 14.3. The molecule has 0 amide bonds. The minimum Gasteiger partial charge on any atom is -0.338 e. The molecular formula is C13H19N5O2. The molecule has 2 N–H and O–H groups in total. The highest BCUT2D eigenvalue weighted by molar-refractivity contribution is 4.92. The number of aryl methyl sites for hydroxylation is 3. The first-order chi connectivity index (χ1) is 9.63. The van der Waals surface area contributed by atoms with Crippen molar-refractivity contribution in [3.05, 3.63) is 51.3 Å². The van der Waals surface area contributed by atoms with Crippen LogP contribution in [0.1, 0.15) is 12.2 Å². The lowest BCUT2D eigenvalue weighted by Crippen LogP contribution is -2.39. The molecule has 2 aromatic rings. The van der Waals surface area contributed by atoms with Gasteiger partial charge in [0.2, 0.25) is 0 Å². The topological polar surface area (TPSA) is 87.8 Å². The molecule has 2 aromatic heterocycles. The van der Waals surface area contributed by atoms with Crippen LogP contribution in [0.5, 0.6) is 0 Å². The van der Waals surface area contributed by atoms with Gasteiger partial charge in [0.05, 0.1) is 0 Å². The molecule has 0 unspecified atom stereocenters. The summed E-state index contributed by atoms with van der Waals surface area (Å²) in [6.07, 6.45) is 6.37. The maximum atomic E-state index is 12.2. The van der Waals surface area contributed by atoms with E-state index in [9.17, 15) is 9.59 Å². The number of nitrogens with zero attached hydrogens (tertiary/aromatic N) is 4. The summed E-state index contributed by atoms with van der Waals surface area (Å²) in [6.45, 7) is 1.30. The zero-order chi connectivity index (χ0) is 14.5. The van der Waals surface area contributed by atoms with Crippen molar-refractivity contribution < 1.29 is 0 Å². The Hall–Kier alpha value is -2.15. The van der Waals surface area contributed by atoms with Crippen LogP contribution in [0.15, 0.2) is 34.2 Å². The van der Waals surface area contributed by atoms with Crippen LogP contribution in [0, 0.1) is 0 Å². The van der Waals surface area contributed by atoms with Gasteiger partial charge in [0.1, 0.15) is 5.82 Å². The lowest BCUT2D eigenvalue weighted by atomic mass is 10.4. The average molecular weight is 277 g/mol. The van der Waals surface area contributed by atoms with E-state index in [1.807, 2.05) is 17.8 Å². The van der Waals surface area contributed by atoms with Crippen molar-refractivity contribution in [2.45, 2.75) is 25.9 Å². The second kappa shape index (κ2) is 6.33. The number of hydrogen-bond donors (Lipinski definition) is 1. The molecule has 20 heavy (non-hydrogen) atoms. The molecule has 0 spiro atoms. The minimum atomic E-state index is -0.292. The summed E-state index contributed by atoms with van der Waals surface area (Å²) >= 11 is 0. The summed E-state index contributed by atoms with van der Waals surface area (Å²) in [5, 5.41) is 0. The monoisotopic (exact) mass is 277 g/mol. The smallest absolute Gasteiger partial charge is 0.330 e. The van der Waals surface area contributed by atoms with Crippen molar-refractivity contribution in [3.8, 4) is 0 Å². The first-order valence-electron chi connectivity index (χ1n) is 6.60. The van der Waals surface area contributed by atoms with Gasteiger partial charge in [0.25, 0.3) is 5.56 Å². The van der Waals surface area contributed by atoms with Crippen LogP contribution in [0.3, 0.4) is 0 Å². The van der Waals surface area contributed by atoms with E-state index in [2.05, 4.69) is 4.98 Å². The Morgan fingerprint density at radius 2 is 2.05 bits per heavy atom. The molecule has 7 nitrogen and oxygen atoms in total. The van der Waals surface area contributed by atoms with Crippen molar-refractivity contribution >= 4 is 0 Å². The molecule has 2 heterocycles. The summed E-state index contributed by atoms with van der Waals surface area (Å²) in [7, 11) is 1.91. The van der Waals surface area contributed by atoms with Crippen LogP contribution in [0.2, 0.25) is 0 Å². The minimum absolute atomic E-state index is 0.281. The quantitative estimate of drug-likeness (QED) is 0.759. The van der Waals surface area contributed by atoms with Crippen LogP contribution >= 0.6 is 0 Å². The van der Waals surface area contributed by atoms with Crippen molar-refractivity contribution in [3.63, 3.8) is 0 Å². The first-order valence-corrected chi connectivity index (χ1v) is 6.60. The summed E-state index contributed by atoms with van der Waals surface area (Å²) in [5.41, 5.74) is 4.85. The summed E-state index contributed by atoms with van der Waals surface area (Å²) in [5.74, 6) is 0.900. The number of aromatic nitrogens is 4. The van der Waals surface area contributed by atoms with E-state index in [-0.39, 0.29) is 11.2 Å². The third kappa shape index (κ3) is 3.05. The van der Waals surface area contributed by atoms with Crippen molar-refractivity contribution in [2.24, 2.45) is 12.8 Å². The Kier molecular flexibility index (Phi) is 4.52. The van der Waals surface area contributed by atoms with Crippen molar-refractivity contribution in [1.82, 2.24) is 18.7 Å². The molecule has 0 atom stereocenters. The van der Waals surface area contributed by atoms with Gasteiger partial charge < -0.3 is 10.3 Å². The highest BCUT2D eigenvalue weighted by Crippen LogP contribution is 1.96. The number of hydrogen-bond acceptors (Lipinski definition) is 4. The highest BCUT2D eigenvalue weighted by atomic mass is 16.2. The van der Waals surface area contributed by atoms with Crippen LogP contribution in [-0.4, -0.2) is 25.2 Å². The molecule has 0 aromatic carbocycles. The second-order valence-electron chi connectivity index (χ2n) is 4.63. The standard InChI is InChI=1S/C13H19N5O2/c1-16-10-6-15-11(16)3-8-17-9-4-12(19)18(13(17)20)7-2-5-14/h4,6,9-10H,2-3,5,7-8,14H2,1H3. The van der Waals surface area contributed by atoms with Gasteiger partial charge >= 0.3 is 5.69 Å². The molecule has 0 aliphatic heterocycles. The molecule has 0 aliphatic carbocycles. The predicted molar refractivity (Wildman–Crippen MR) is 75.5 cm³/mol. The lowest BCUT2D eigenvalue weighted by molar-refractivity contribution is 0.530. The molecule has 7 heteroatoms. The average Bonchev–Trinajstić information content (AvgIpc) is 2.83. The number of nitrogens with two attached hydrogens (primary N) is 1. The summed E-state index contributed by atoms with van der Waals surface area (Å²) in [4.78, 5) is 28.1. The highest BCUT2D eigenvalue weighted by Gasteiger charge is 2.06. The molecule has 0 radical (unpaired) electrons. The van der Waals surface area contributed by atoms with Crippen molar-refractivity contribution in [2.75, 3.05) is 6.54 Å². The largest absolute Gasteiger partial charge is 0.338 e. The third-order valence-electron chi connectivity index (χ3n) is 3.22. The van der Waals surface area contributed by atoms with Gasteiger partial charge in [-0.2, -0.15) is 0 Å². The van der Waals surface area contributed by atoms with Crippen LogP contribution in [0.25, 0.3) is 0 Å². The molecule has 0 saturated heterocycles. The molecule has 0 saturated carbocycles. The normalized spacial score (nSPS) is 10.9. The Bertz CT molecular complexity index is 683. The van der Waals surface area contributed by atoms with Gasteiger partial charge in [0.15, 0.2) is 0 Å². The van der Waals surface area contributed by atoms with E-state index < -0.39 is 0 Å². The zero-order valence-corrected chi connectivity index (χ0v) is 11.5. The molecule has 2 rings (SSSR count). The Morgan fingerprint density at radius 1 is 1.25 bits per heavy atom. The Labute approximate surface area is 116 Å². The van der Waals surface area contributed by atoms with Gasteiger partial charge in [-0.1, -0.05) is 0 Å². The summed E-state index contributed by atoms with van der Waals surface area (Å²) < 4.78 is 4.67. The zero-order valence-electron chi connectivity index (χ0n) is 11.5. The fourth-order valence-electron chi connectivity index (χ4n) is 2.04. The van der Waals surface area contributed by atoms with E-state index in [0.717, 1.165) is 5.82 Å². The lowest BCUT2D eigenvalue weighted by Gasteiger charge is -2.09. The molecular weight excluding hydrogens is 258 g/mol. The van der Waals surface area contributed by atoms with Crippen molar-refractivity contribution in [1.29, 1.82) is 0 Å². The van der Waals surface area contributed by atoms with E-state index in [1.165, 1.54) is 21.4 Å².